The molecule has 0 amide bonds. The molecule has 14 heavy (non-hydrogen) atoms. The molecule has 0 aliphatic heterocycles. The molecule has 0 saturated heterocycles. The van der Waals surface area contributed by atoms with Gasteiger partial charge >= 0.3 is 0 Å². The number of halogens is 2. The molecule has 0 bridgehead atoms. The summed E-state index contributed by atoms with van der Waals surface area (Å²) >= 11 is 5.77. The Hall–Kier alpha value is -0.670. The number of hydrogen-bond donors (Lipinski definition) is 1. The van der Waals surface area contributed by atoms with Crippen LogP contribution in [0, 0.1) is 5.95 Å². The van der Waals surface area contributed by atoms with Gasteiger partial charge in [0.05, 0.1) is 5.02 Å². The normalized spacial score (nSPS) is 19.9. The standard InChI is InChI=1S/C10H12ClFN2/c11-7-5-8(9(12)14-6-7)10(13)3-1-2-4-10/h5-6H,1-4,13H2. The van der Waals surface area contributed by atoms with E-state index in [0.29, 0.717) is 10.6 Å². The van der Waals surface area contributed by atoms with E-state index < -0.39 is 11.5 Å². The summed E-state index contributed by atoms with van der Waals surface area (Å²) in [4.78, 5) is 3.59. The van der Waals surface area contributed by atoms with Crippen LogP contribution in [0.5, 0.6) is 0 Å². The number of aromatic nitrogens is 1. The molecule has 1 aromatic heterocycles. The van der Waals surface area contributed by atoms with E-state index in [4.69, 9.17) is 17.3 Å². The second kappa shape index (κ2) is 3.48. The average Bonchev–Trinajstić information content (AvgIpc) is 2.58. The molecule has 1 heterocycles. The molecule has 1 saturated carbocycles. The van der Waals surface area contributed by atoms with Crippen LogP contribution in [0.2, 0.25) is 5.02 Å². The lowest BCUT2D eigenvalue weighted by atomic mass is 9.90. The zero-order valence-corrected chi connectivity index (χ0v) is 8.52. The van der Waals surface area contributed by atoms with E-state index >= 15 is 0 Å². The van der Waals surface area contributed by atoms with Crippen molar-refractivity contribution in [3.05, 3.63) is 28.8 Å². The smallest absolute Gasteiger partial charge is 0.217 e. The zero-order valence-electron chi connectivity index (χ0n) is 7.76. The van der Waals surface area contributed by atoms with Crippen molar-refractivity contribution < 1.29 is 4.39 Å². The third-order valence-corrected chi connectivity index (χ3v) is 3.04. The third kappa shape index (κ3) is 1.62. The minimum atomic E-state index is -0.554. The minimum Gasteiger partial charge on any atom is -0.321 e. The number of rotatable bonds is 1. The zero-order chi connectivity index (χ0) is 10.2. The highest BCUT2D eigenvalue weighted by atomic mass is 35.5. The van der Waals surface area contributed by atoms with Gasteiger partial charge in [-0.05, 0) is 18.9 Å². The fraction of sp³-hybridized carbons (Fsp3) is 0.500. The van der Waals surface area contributed by atoms with Crippen LogP contribution in [-0.4, -0.2) is 4.98 Å². The van der Waals surface area contributed by atoms with Crippen LogP contribution in [0.4, 0.5) is 4.39 Å². The van der Waals surface area contributed by atoms with Gasteiger partial charge in [0, 0.05) is 17.3 Å². The lowest BCUT2D eigenvalue weighted by Crippen LogP contribution is -2.34. The number of hydrogen-bond acceptors (Lipinski definition) is 2. The second-order valence-corrected chi connectivity index (χ2v) is 4.29. The summed E-state index contributed by atoms with van der Waals surface area (Å²) in [6.07, 6.45) is 5.02. The van der Waals surface area contributed by atoms with E-state index in [-0.39, 0.29) is 0 Å². The number of nitrogens with zero attached hydrogens (tertiary/aromatic N) is 1. The van der Waals surface area contributed by atoms with Crippen molar-refractivity contribution in [3.63, 3.8) is 0 Å². The van der Waals surface area contributed by atoms with Gasteiger partial charge in [0.25, 0.3) is 0 Å². The van der Waals surface area contributed by atoms with Crippen LogP contribution in [0.1, 0.15) is 31.2 Å². The summed E-state index contributed by atoms with van der Waals surface area (Å²) in [5, 5.41) is 0.443. The Morgan fingerprint density at radius 1 is 1.43 bits per heavy atom. The van der Waals surface area contributed by atoms with Gasteiger partial charge < -0.3 is 5.73 Å². The predicted molar refractivity (Wildman–Crippen MR) is 53.5 cm³/mol. The van der Waals surface area contributed by atoms with E-state index in [9.17, 15) is 4.39 Å². The molecule has 76 valence electrons. The summed E-state index contributed by atoms with van der Waals surface area (Å²) in [7, 11) is 0. The number of nitrogens with two attached hydrogens (primary N) is 1. The van der Waals surface area contributed by atoms with E-state index in [1.54, 1.807) is 6.07 Å². The highest BCUT2D eigenvalue weighted by Gasteiger charge is 2.34. The predicted octanol–water partition coefficient (Wildman–Crippen LogP) is 2.60. The van der Waals surface area contributed by atoms with Crippen molar-refractivity contribution >= 4 is 11.6 Å². The number of pyridine rings is 1. The molecular formula is C10H12ClFN2. The Balaban J connectivity index is 2.44. The van der Waals surface area contributed by atoms with E-state index in [1.165, 1.54) is 6.20 Å². The molecule has 0 radical (unpaired) electrons. The molecule has 2 nitrogen and oxygen atoms in total. The van der Waals surface area contributed by atoms with Crippen molar-refractivity contribution in [2.24, 2.45) is 5.73 Å². The Morgan fingerprint density at radius 3 is 2.71 bits per heavy atom. The fourth-order valence-electron chi connectivity index (χ4n) is 2.05. The molecule has 0 spiro atoms. The van der Waals surface area contributed by atoms with Crippen molar-refractivity contribution in [2.75, 3.05) is 0 Å². The third-order valence-electron chi connectivity index (χ3n) is 2.84. The molecule has 1 aliphatic rings. The molecular weight excluding hydrogens is 203 g/mol. The molecule has 2 rings (SSSR count). The fourth-order valence-corrected chi connectivity index (χ4v) is 2.20. The topological polar surface area (TPSA) is 38.9 Å². The first-order valence-electron chi connectivity index (χ1n) is 4.72. The monoisotopic (exact) mass is 214 g/mol. The van der Waals surface area contributed by atoms with Gasteiger partial charge in [-0.15, -0.1) is 0 Å². The summed E-state index contributed by atoms with van der Waals surface area (Å²) in [6, 6.07) is 1.59. The Morgan fingerprint density at radius 2 is 2.07 bits per heavy atom. The van der Waals surface area contributed by atoms with Crippen molar-refractivity contribution in [2.45, 2.75) is 31.2 Å². The van der Waals surface area contributed by atoms with Crippen LogP contribution in [0.25, 0.3) is 0 Å². The Kier molecular flexibility index (Phi) is 2.45. The van der Waals surface area contributed by atoms with Gasteiger partial charge in [0.1, 0.15) is 0 Å². The average molecular weight is 215 g/mol. The SMILES string of the molecule is NC1(c2cc(Cl)cnc2F)CCCC1. The first-order chi connectivity index (χ1) is 6.62. The van der Waals surface area contributed by atoms with E-state index in [0.717, 1.165) is 25.7 Å². The van der Waals surface area contributed by atoms with Gasteiger partial charge in [0.15, 0.2) is 0 Å². The molecule has 2 N–H and O–H groups in total. The molecule has 0 unspecified atom stereocenters. The second-order valence-electron chi connectivity index (χ2n) is 3.86. The van der Waals surface area contributed by atoms with Gasteiger partial charge in [-0.3, -0.25) is 0 Å². The van der Waals surface area contributed by atoms with Crippen LogP contribution in [-0.2, 0) is 5.54 Å². The highest BCUT2D eigenvalue weighted by Crippen LogP contribution is 2.37. The quantitative estimate of drug-likeness (QED) is 0.730. The summed E-state index contributed by atoms with van der Waals surface area (Å²) in [5.74, 6) is -0.487. The van der Waals surface area contributed by atoms with Crippen molar-refractivity contribution in [3.8, 4) is 0 Å². The molecule has 0 atom stereocenters. The lowest BCUT2D eigenvalue weighted by molar-refractivity contribution is 0.423. The molecule has 1 aliphatic carbocycles. The van der Waals surface area contributed by atoms with E-state index in [1.807, 2.05) is 0 Å². The Labute approximate surface area is 87.3 Å². The first-order valence-corrected chi connectivity index (χ1v) is 5.10. The molecule has 1 aromatic rings. The molecule has 0 aromatic carbocycles. The van der Waals surface area contributed by atoms with Gasteiger partial charge in [-0.2, -0.15) is 4.39 Å². The van der Waals surface area contributed by atoms with Crippen LogP contribution >= 0.6 is 11.6 Å². The highest BCUT2D eigenvalue weighted by molar-refractivity contribution is 6.30. The first kappa shape index (κ1) is 9.87. The minimum absolute atomic E-state index is 0.443. The molecule has 4 heteroatoms. The summed E-state index contributed by atoms with van der Waals surface area (Å²) < 4.78 is 13.4. The maximum Gasteiger partial charge on any atom is 0.217 e. The van der Waals surface area contributed by atoms with Crippen LogP contribution in [0.15, 0.2) is 12.3 Å². The maximum atomic E-state index is 13.4. The van der Waals surface area contributed by atoms with Crippen molar-refractivity contribution in [1.82, 2.24) is 4.98 Å². The van der Waals surface area contributed by atoms with Crippen LogP contribution in [0.3, 0.4) is 0 Å². The Bertz CT molecular complexity index is 348. The lowest BCUT2D eigenvalue weighted by Gasteiger charge is -2.24. The van der Waals surface area contributed by atoms with Gasteiger partial charge in [0.2, 0.25) is 5.95 Å². The summed E-state index contributed by atoms with van der Waals surface area (Å²) in [6.45, 7) is 0. The maximum absolute atomic E-state index is 13.4. The largest absolute Gasteiger partial charge is 0.321 e. The van der Waals surface area contributed by atoms with Gasteiger partial charge in [-0.1, -0.05) is 24.4 Å². The van der Waals surface area contributed by atoms with Crippen molar-refractivity contribution in [1.29, 1.82) is 0 Å². The summed E-state index contributed by atoms with van der Waals surface area (Å²) in [5.41, 5.74) is 6.02. The molecule has 1 fully saturated rings. The van der Waals surface area contributed by atoms with Gasteiger partial charge in [-0.25, -0.2) is 4.98 Å². The van der Waals surface area contributed by atoms with Crippen LogP contribution < -0.4 is 5.73 Å². The van der Waals surface area contributed by atoms with E-state index in [2.05, 4.69) is 4.98 Å².